The molecule has 1 saturated heterocycles. The topological polar surface area (TPSA) is 20.3 Å². The normalized spacial score (nSPS) is 19.1. The first kappa shape index (κ1) is 14.6. The fraction of sp³-hybridized carbons (Fsp3) is 0.562. The van der Waals surface area contributed by atoms with Gasteiger partial charge in [-0.15, -0.1) is 0 Å². The van der Waals surface area contributed by atoms with Crippen LogP contribution in [0.3, 0.4) is 0 Å². The maximum atomic E-state index is 12.6. The van der Waals surface area contributed by atoms with Gasteiger partial charge in [-0.3, -0.25) is 4.79 Å². The minimum absolute atomic E-state index is 0.177. The number of carbonyl (C=O) groups excluding carboxylic acids is 1. The molecule has 1 aromatic carbocycles. The van der Waals surface area contributed by atoms with Crippen molar-refractivity contribution in [3.8, 4) is 0 Å². The van der Waals surface area contributed by atoms with Crippen molar-refractivity contribution < 1.29 is 4.79 Å². The van der Waals surface area contributed by atoms with Gasteiger partial charge in [-0.05, 0) is 49.3 Å². The van der Waals surface area contributed by atoms with E-state index in [1.807, 2.05) is 30.0 Å². The van der Waals surface area contributed by atoms with Crippen LogP contribution in [0.15, 0.2) is 22.7 Å². The molecule has 1 aromatic rings. The van der Waals surface area contributed by atoms with Crippen molar-refractivity contribution in [3.05, 3.63) is 33.8 Å². The molecule has 0 unspecified atom stereocenters. The molecule has 0 spiro atoms. The van der Waals surface area contributed by atoms with E-state index >= 15 is 0 Å². The van der Waals surface area contributed by atoms with Crippen molar-refractivity contribution in [3.63, 3.8) is 0 Å². The average molecular weight is 324 g/mol. The lowest BCUT2D eigenvalue weighted by atomic mass is 9.85. The Bertz CT molecular complexity index is 482. The molecule has 19 heavy (non-hydrogen) atoms. The first-order valence-corrected chi connectivity index (χ1v) is 7.74. The summed E-state index contributed by atoms with van der Waals surface area (Å²) >= 11 is 3.50. The molecule has 0 N–H and O–H groups in total. The Morgan fingerprint density at radius 3 is 2.74 bits per heavy atom. The average Bonchev–Trinajstić information content (AvgIpc) is 2.53. The van der Waals surface area contributed by atoms with Gasteiger partial charge in [-0.2, -0.15) is 0 Å². The third kappa shape index (κ3) is 3.38. The summed E-state index contributed by atoms with van der Waals surface area (Å²) in [4.78, 5) is 14.7. The van der Waals surface area contributed by atoms with Crippen LogP contribution < -0.4 is 0 Å². The lowest BCUT2D eigenvalue weighted by molar-refractivity contribution is 0.0756. The highest BCUT2D eigenvalue weighted by atomic mass is 79.9. The first-order chi connectivity index (χ1) is 8.91. The van der Waals surface area contributed by atoms with Crippen LogP contribution in [0.2, 0.25) is 0 Å². The van der Waals surface area contributed by atoms with E-state index in [1.165, 1.54) is 6.42 Å². The number of carbonyl (C=O) groups is 1. The monoisotopic (exact) mass is 323 g/mol. The van der Waals surface area contributed by atoms with Crippen LogP contribution in [0, 0.1) is 12.3 Å². The number of hydrogen-bond acceptors (Lipinski definition) is 1. The molecular weight excluding hydrogens is 302 g/mol. The number of nitrogens with zero attached hydrogens (tertiary/aromatic N) is 1. The summed E-state index contributed by atoms with van der Waals surface area (Å²) in [5.41, 5.74) is 2.23. The summed E-state index contributed by atoms with van der Waals surface area (Å²) in [6.45, 7) is 8.35. The summed E-state index contributed by atoms with van der Waals surface area (Å²) in [5, 5.41) is 0. The smallest absolute Gasteiger partial charge is 0.254 e. The maximum absolute atomic E-state index is 12.6. The quantitative estimate of drug-likeness (QED) is 0.749. The third-order valence-corrected chi connectivity index (χ3v) is 4.98. The highest BCUT2D eigenvalue weighted by Crippen LogP contribution is 2.30. The van der Waals surface area contributed by atoms with Crippen LogP contribution in [0.25, 0.3) is 0 Å². The Hall–Kier alpha value is -0.830. The van der Waals surface area contributed by atoms with Crippen LogP contribution in [0.5, 0.6) is 0 Å². The summed E-state index contributed by atoms with van der Waals surface area (Å²) < 4.78 is 1.01. The fourth-order valence-corrected chi connectivity index (χ4v) is 3.00. The van der Waals surface area contributed by atoms with Crippen molar-refractivity contribution in [1.29, 1.82) is 0 Å². The summed E-state index contributed by atoms with van der Waals surface area (Å²) in [6.07, 6.45) is 3.39. The summed E-state index contributed by atoms with van der Waals surface area (Å²) in [6, 6.07) is 5.85. The SMILES string of the molecule is Cc1c(Br)cccc1C(=O)N1CCCC(C)(C)CC1. The third-order valence-electron chi connectivity index (χ3n) is 4.13. The van der Waals surface area contributed by atoms with Crippen molar-refractivity contribution >= 4 is 21.8 Å². The van der Waals surface area contributed by atoms with E-state index in [0.717, 1.165) is 41.5 Å². The number of likely N-dealkylation sites (tertiary alicyclic amines) is 1. The van der Waals surface area contributed by atoms with Crippen LogP contribution in [-0.4, -0.2) is 23.9 Å². The molecule has 1 aliphatic heterocycles. The standard InChI is InChI=1S/C16H22BrNO/c1-12-13(6-4-7-14(12)17)15(19)18-10-5-8-16(2,3)9-11-18/h4,6-7H,5,8-11H2,1-3H3. The molecular formula is C16H22BrNO. The minimum Gasteiger partial charge on any atom is -0.339 e. The number of rotatable bonds is 1. The Kier molecular flexibility index (Phi) is 4.34. The molecule has 1 aliphatic rings. The molecule has 104 valence electrons. The van der Waals surface area contributed by atoms with Gasteiger partial charge in [0, 0.05) is 23.1 Å². The van der Waals surface area contributed by atoms with Crippen molar-refractivity contribution in [2.75, 3.05) is 13.1 Å². The number of halogens is 1. The Balaban J connectivity index is 2.18. The Labute approximate surface area is 124 Å². The van der Waals surface area contributed by atoms with Crippen LogP contribution in [-0.2, 0) is 0 Å². The molecule has 0 radical (unpaired) electrons. The predicted octanol–water partition coefficient (Wildman–Crippen LogP) is 4.41. The minimum atomic E-state index is 0.177. The molecule has 2 rings (SSSR count). The molecule has 0 bridgehead atoms. The van der Waals surface area contributed by atoms with Gasteiger partial charge < -0.3 is 4.90 Å². The molecule has 1 amide bonds. The van der Waals surface area contributed by atoms with Crippen LogP contribution in [0.1, 0.15) is 49.0 Å². The van der Waals surface area contributed by atoms with Crippen molar-refractivity contribution in [2.45, 2.75) is 40.0 Å². The Morgan fingerprint density at radius 1 is 1.26 bits per heavy atom. The number of hydrogen-bond donors (Lipinski definition) is 0. The maximum Gasteiger partial charge on any atom is 0.254 e. The van der Waals surface area contributed by atoms with Gasteiger partial charge in [0.2, 0.25) is 0 Å². The molecule has 0 aliphatic carbocycles. The summed E-state index contributed by atoms with van der Waals surface area (Å²) in [5.74, 6) is 0.177. The van der Waals surface area contributed by atoms with Crippen LogP contribution >= 0.6 is 15.9 Å². The largest absolute Gasteiger partial charge is 0.339 e. The molecule has 0 aromatic heterocycles. The number of amides is 1. The van der Waals surface area contributed by atoms with Gasteiger partial charge in [-0.25, -0.2) is 0 Å². The lowest BCUT2D eigenvalue weighted by Crippen LogP contribution is -2.32. The zero-order valence-electron chi connectivity index (χ0n) is 12.0. The van der Waals surface area contributed by atoms with Gasteiger partial charge in [-0.1, -0.05) is 35.8 Å². The highest BCUT2D eigenvalue weighted by molar-refractivity contribution is 9.10. The zero-order chi connectivity index (χ0) is 14.0. The van der Waals surface area contributed by atoms with Gasteiger partial charge in [0.25, 0.3) is 5.91 Å². The molecule has 0 atom stereocenters. The molecule has 1 fully saturated rings. The van der Waals surface area contributed by atoms with Gasteiger partial charge in [0.05, 0.1) is 0 Å². The fourth-order valence-electron chi connectivity index (χ4n) is 2.64. The highest BCUT2D eigenvalue weighted by Gasteiger charge is 2.26. The zero-order valence-corrected chi connectivity index (χ0v) is 13.6. The summed E-state index contributed by atoms with van der Waals surface area (Å²) in [7, 11) is 0. The van der Waals surface area contributed by atoms with E-state index in [-0.39, 0.29) is 5.91 Å². The molecule has 0 saturated carbocycles. The number of benzene rings is 1. The molecule has 1 heterocycles. The van der Waals surface area contributed by atoms with Crippen LogP contribution in [0.4, 0.5) is 0 Å². The van der Waals surface area contributed by atoms with E-state index in [4.69, 9.17) is 0 Å². The predicted molar refractivity (Wildman–Crippen MR) is 82.4 cm³/mol. The van der Waals surface area contributed by atoms with E-state index in [1.54, 1.807) is 0 Å². The molecule has 3 heteroatoms. The lowest BCUT2D eigenvalue weighted by Gasteiger charge is -2.24. The van der Waals surface area contributed by atoms with Gasteiger partial charge >= 0.3 is 0 Å². The first-order valence-electron chi connectivity index (χ1n) is 6.95. The second kappa shape index (κ2) is 5.66. The van der Waals surface area contributed by atoms with E-state index < -0.39 is 0 Å². The Morgan fingerprint density at radius 2 is 2.00 bits per heavy atom. The second-order valence-electron chi connectivity index (χ2n) is 6.22. The van der Waals surface area contributed by atoms with E-state index in [9.17, 15) is 4.79 Å². The van der Waals surface area contributed by atoms with Gasteiger partial charge in [0.1, 0.15) is 0 Å². The second-order valence-corrected chi connectivity index (χ2v) is 7.08. The molecule has 2 nitrogen and oxygen atoms in total. The van der Waals surface area contributed by atoms with Crippen molar-refractivity contribution in [2.24, 2.45) is 5.41 Å². The van der Waals surface area contributed by atoms with E-state index in [0.29, 0.717) is 5.41 Å². The van der Waals surface area contributed by atoms with Gasteiger partial charge in [0.15, 0.2) is 0 Å². The van der Waals surface area contributed by atoms with E-state index in [2.05, 4.69) is 29.8 Å². The van der Waals surface area contributed by atoms with Crippen molar-refractivity contribution in [1.82, 2.24) is 4.90 Å².